The van der Waals surface area contributed by atoms with Crippen LogP contribution < -0.4 is 4.74 Å². The predicted octanol–water partition coefficient (Wildman–Crippen LogP) is 2.08. The Morgan fingerprint density at radius 1 is 1.44 bits per heavy atom. The number of carbonyl (C=O) groups is 1. The van der Waals surface area contributed by atoms with E-state index in [9.17, 15) is 9.18 Å². The van der Waals surface area contributed by atoms with Gasteiger partial charge < -0.3 is 9.84 Å². The highest BCUT2D eigenvalue weighted by atomic mass is 19.1. The summed E-state index contributed by atoms with van der Waals surface area (Å²) in [5.41, 5.74) is 0.0251. The molecule has 0 saturated heterocycles. The second-order valence-electron chi connectivity index (χ2n) is 3.17. The number of hydrogen-bond acceptors (Lipinski definition) is 3. The number of fused-ring (bicyclic) bond motifs is 1. The summed E-state index contributed by atoms with van der Waals surface area (Å²) in [5.74, 6) is -1.37. The summed E-state index contributed by atoms with van der Waals surface area (Å²) in [6.07, 6.45) is 1.26. The van der Waals surface area contributed by atoms with Crippen LogP contribution in [0.5, 0.6) is 5.88 Å². The van der Waals surface area contributed by atoms with E-state index in [4.69, 9.17) is 9.84 Å². The minimum absolute atomic E-state index is 0.0251. The van der Waals surface area contributed by atoms with Crippen molar-refractivity contribution in [2.24, 2.45) is 0 Å². The van der Waals surface area contributed by atoms with Crippen LogP contribution in [0.1, 0.15) is 10.4 Å². The van der Waals surface area contributed by atoms with Crippen LogP contribution in [0.25, 0.3) is 10.8 Å². The molecule has 16 heavy (non-hydrogen) atoms. The molecule has 82 valence electrons. The quantitative estimate of drug-likeness (QED) is 0.843. The number of halogens is 1. The first-order valence-corrected chi connectivity index (χ1v) is 4.49. The molecular formula is C11H8FNO3. The third kappa shape index (κ3) is 1.56. The minimum Gasteiger partial charge on any atom is -0.481 e. The van der Waals surface area contributed by atoms with Crippen LogP contribution in [0.4, 0.5) is 4.39 Å². The Labute approximate surface area is 90.3 Å². The Kier molecular flexibility index (Phi) is 2.44. The third-order valence-corrected chi connectivity index (χ3v) is 2.26. The van der Waals surface area contributed by atoms with Crippen molar-refractivity contribution in [2.75, 3.05) is 7.11 Å². The van der Waals surface area contributed by atoms with Crippen molar-refractivity contribution in [2.45, 2.75) is 0 Å². The first kappa shape index (κ1) is 10.4. The van der Waals surface area contributed by atoms with Crippen LogP contribution in [0.15, 0.2) is 24.4 Å². The number of carboxylic acids is 1. The zero-order valence-electron chi connectivity index (χ0n) is 8.40. The van der Waals surface area contributed by atoms with E-state index in [0.29, 0.717) is 0 Å². The van der Waals surface area contributed by atoms with Gasteiger partial charge in [0.1, 0.15) is 5.82 Å². The molecule has 4 nitrogen and oxygen atoms in total. The molecule has 5 heteroatoms. The van der Waals surface area contributed by atoms with Gasteiger partial charge in [-0.1, -0.05) is 0 Å². The molecule has 0 aliphatic rings. The third-order valence-electron chi connectivity index (χ3n) is 2.26. The largest absolute Gasteiger partial charge is 0.481 e. The van der Waals surface area contributed by atoms with Gasteiger partial charge in [-0.3, -0.25) is 0 Å². The van der Waals surface area contributed by atoms with Gasteiger partial charge in [-0.15, -0.1) is 0 Å². The molecule has 0 atom stereocenters. The van der Waals surface area contributed by atoms with Gasteiger partial charge in [0, 0.05) is 23.0 Å². The summed E-state index contributed by atoms with van der Waals surface area (Å²) in [6, 6.07) is 3.74. The monoisotopic (exact) mass is 221 g/mol. The lowest BCUT2D eigenvalue weighted by atomic mass is 10.1. The van der Waals surface area contributed by atoms with Gasteiger partial charge >= 0.3 is 5.97 Å². The first-order chi connectivity index (χ1) is 7.63. The molecular weight excluding hydrogens is 213 g/mol. The molecule has 1 heterocycles. The number of nitrogens with zero attached hydrogens (tertiary/aromatic N) is 1. The van der Waals surface area contributed by atoms with Crippen molar-refractivity contribution >= 4 is 16.7 Å². The molecule has 0 saturated carbocycles. The van der Waals surface area contributed by atoms with Gasteiger partial charge in [-0.25, -0.2) is 14.2 Å². The normalized spacial score (nSPS) is 10.4. The maximum absolute atomic E-state index is 13.4. The fourth-order valence-corrected chi connectivity index (χ4v) is 1.48. The van der Waals surface area contributed by atoms with Crippen molar-refractivity contribution in [3.05, 3.63) is 35.8 Å². The lowest BCUT2D eigenvalue weighted by Gasteiger charge is -2.05. The standard InChI is InChI=1S/C11H8FNO3/c1-16-10-4-7-6(11(14)15)2-3-9(12)8(7)5-13-10/h2-5H,1H3,(H,14,15). The van der Waals surface area contributed by atoms with E-state index >= 15 is 0 Å². The average molecular weight is 221 g/mol. The molecule has 1 aromatic carbocycles. The van der Waals surface area contributed by atoms with Crippen LogP contribution in [-0.4, -0.2) is 23.2 Å². The summed E-state index contributed by atoms with van der Waals surface area (Å²) < 4.78 is 18.3. The molecule has 0 aliphatic carbocycles. The van der Waals surface area contributed by atoms with Crippen LogP contribution in [0, 0.1) is 5.82 Å². The number of rotatable bonds is 2. The lowest BCUT2D eigenvalue weighted by Crippen LogP contribution is -1.99. The SMILES string of the molecule is COc1cc2c(C(=O)O)ccc(F)c2cn1. The van der Waals surface area contributed by atoms with Gasteiger partial charge in [-0.05, 0) is 12.1 Å². The highest BCUT2D eigenvalue weighted by Gasteiger charge is 2.12. The van der Waals surface area contributed by atoms with Crippen LogP contribution in [-0.2, 0) is 0 Å². The predicted molar refractivity (Wildman–Crippen MR) is 55.2 cm³/mol. The zero-order chi connectivity index (χ0) is 11.7. The maximum Gasteiger partial charge on any atom is 0.336 e. The number of hydrogen-bond donors (Lipinski definition) is 1. The van der Waals surface area contributed by atoms with E-state index in [0.717, 1.165) is 6.07 Å². The van der Waals surface area contributed by atoms with E-state index in [1.807, 2.05) is 0 Å². The summed E-state index contributed by atoms with van der Waals surface area (Å²) in [5, 5.41) is 9.40. The molecule has 0 fully saturated rings. The molecule has 1 N–H and O–H groups in total. The zero-order valence-corrected chi connectivity index (χ0v) is 8.40. The number of aromatic carboxylic acids is 1. The number of benzene rings is 1. The van der Waals surface area contributed by atoms with Gasteiger partial charge in [0.2, 0.25) is 5.88 Å². The van der Waals surface area contributed by atoms with Gasteiger partial charge in [0.05, 0.1) is 12.7 Å². The number of aromatic nitrogens is 1. The highest BCUT2D eigenvalue weighted by Crippen LogP contribution is 2.24. The van der Waals surface area contributed by atoms with E-state index in [2.05, 4.69) is 4.98 Å². The maximum atomic E-state index is 13.4. The minimum atomic E-state index is -1.11. The highest BCUT2D eigenvalue weighted by molar-refractivity contribution is 6.03. The summed E-state index contributed by atoms with van der Waals surface area (Å²) in [6.45, 7) is 0. The second kappa shape index (κ2) is 3.77. The number of methoxy groups -OCH3 is 1. The summed E-state index contributed by atoms with van der Waals surface area (Å²) in [4.78, 5) is 14.8. The Hall–Kier alpha value is -2.17. The van der Waals surface area contributed by atoms with Crippen LogP contribution in [0.2, 0.25) is 0 Å². The number of carboxylic acid groups (broad SMARTS) is 1. The lowest BCUT2D eigenvalue weighted by molar-refractivity contribution is 0.0699. The van der Waals surface area contributed by atoms with Crippen LogP contribution >= 0.6 is 0 Å². The van der Waals surface area contributed by atoms with Gasteiger partial charge in [0.15, 0.2) is 0 Å². The molecule has 0 bridgehead atoms. The fraction of sp³-hybridized carbons (Fsp3) is 0.0909. The van der Waals surface area contributed by atoms with E-state index in [1.54, 1.807) is 0 Å². The van der Waals surface area contributed by atoms with Gasteiger partial charge in [0.25, 0.3) is 0 Å². The Balaban J connectivity index is 2.83. The fourth-order valence-electron chi connectivity index (χ4n) is 1.48. The van der Waals surface area contributed by atoms with Crippen molar-refractivity contribution in [3.8, 4) is 5.88 Å². The molecule has 1 aromatic heterocycles. The van der Waals surface area contributed by atoms with Crippen molar-refractivity contribution in [3.63, 3.8) is 0 Å². The molecule has 0 aliphatic heterocycles. The van der Waals surface area contributed by atoms with E-state index in [-0.39, 0.29) is 22.2 Å². The van der Waals surface area contributed by atoms with Crippen molar-refractivity contribution < 1.29 is 19.0 Å². The van der Waals surface area contributed by atoms with E-state index in [1.165, 1.54) is 25.4 Å². The molecule has 2 rings (SSSR count). The Morgan fingerprint density at radius 2 is 2.19 bits per heavy atom. The summed E-state index contributed by atoms with van der Waals surface area (Å²) in [7, 11) is 1.41. The Bertz CT molecular complexity index is 568. The summed E-state index contributed by atoms with van der Waals surface area (Å²) >= 11 is 0. The molecule has 0 unspecified atom stereocenters. The van der Waals surface area contributed by atoms with Crippen molar-refractivity contribution in [1.29, 1.82) is 0 Å². The number of pyridine rings is 1. The van der Waals surface area contributed by atoms with E-state index < -0.39 is 11.8 Å². The molecule has 0 spiro atoms. The van der Waals surface area contributed by atoms with Gasteiger partial charge in [-0.2, -0.15) is 0 Å². The Morgan fingerprint density at radius 3 is 2.81 bits per heavy atom. The first-order valence-electron chi connectivity index (χ1n) is 4.49. The molecule has 2 aromatic rings. The molecule has 0 amide bonds. The van der Waals surface area contributed by atoms with Crippen molar-refractivity contribution in [1.82, 2.24) is 4.98 Å². The topological polar surface area (TPSA) is 59.4 Å². The smallest absolute Gasteiger partial charge is 0.336 e. The molecule has 0 radical (unpaired) electrons. The second-order valence-corrected chi connectivity index (χ2v) is 3.17. The average Bonchev–Trinajstić information content (AvgIpc) is 2.28. The number of ether oxygens (including phenoxy) is 1. The van der Waals surface area contributed by atoms with Crippen LogP contribution in [0.3, 0.4) is 0 Å².